The number of rotatable bonds is 1. The van der Waals surface area contributed by atoms with Crippen molar-refractivity contribution in [3.8, 4) is 0 Å². The van der Waals surface area contributed by atoms with Gasteiger partial charge in [-0.05, 0) is 35.3 Å². The van der Waals surface area contributed by atoms with Crippen LogP contribution in [0.25, 0.3) is 10.2 Å². The maximum atomic E-state index is 10.9. The van der Waals surface area contributed by atoms with Crippen LogP contribution in [0.5, 0.6) is 0 Å². The number of benzene rings is 1. The fourth-order valence-corrected chi connectivity index (χ4v) is 1.70. The summed E-state index contributed by atoms with van der Waals surface area (Å²) < 4.78 is 4.60. The van der Waals surface area contributed by atoms with Gasteiger partial charge in [-0.3, -0.25) is 4.79 Å². The molecule has 0 N–H and O–H groups in total. The molecule has 0 aliphatic rings. The maximum absolute atomic E-state index is 10.9. The Bertz CT molecular complexity index is 440. The van der Waals surface area contributed by atoms with Gasteiger partial charge in [-0.1, -0.05) is 10.6 Å². The largest absolute Gasteiger partial charge is 0.276 e. The Morgan fingerprint density at radius 3 is 3.08 bits per heavy atom. The Hall–Kier alpha value is -1.00. The molecule has 2 rings (SSSR count). The van der Waals surface area contributed by atoms with Crippen LogP contribution in [0.15, 0.2) is 18.2 Å². The molecule has 0 fully saturated rings. The first-order valence-electron chi connectivity index (χ1n) is 3.20. The Balaban J connectivity index is 2.82. The van der Waals surface area contributed by atoms with E-state index in [1.54, 1.807) is 12.1 Å². The van der Waals surface area contributed by atoms with E-state index in [-0.39, 0.29) is 0 Å². The standard InChI is InChI=1S/C7H3ClN2OS/c8-7(11)4-2-1-3-5-6(4)9-10-12-5/h1-3H. The summed E-state index contributed by atoms with van der Waals surface area (Å²) in [5.41, 5.74) is 1.01. The second-order valence-electron chi connectivity index (χ2n) is 2.20. The third kappa shape index (κ3) is 1.09. The summed E-state index contributed by atoms with van der Waals surface area (Å²) in [5.74, 6) is 0. The van der Waals surface area contributed by atoms with Gasteiger partial charge in [0.05, 0.1) is 10.3 Å². The number of carbonyl (C=O) groups is 1. The van der Waals surface area contributed by atoms with Gasteiger partial charge >= 0.3 is 0 Å². The third-order valence-electron chi connectivity index (χ3n) is 1.49. The van der Waals surface area contributed by atoms with Gasteiger partial charge in [0.1, 0.15) is 5.52 Å². The van der Waals surface area contributed by atoms with E-state index in [0.29, 0.717) is 11.1 Å². The predicted molar refractivity (Wildman–Crippen MR) is 47.6 cm³/mol. The van der Waals surface area contributed by atoms with Crippen LogP contribution in [0, 0.1) is 0 Å². The van der Waals surface area contributed by atoms with Gasteiger partial charge in [0.15, 0.2) is 0 Å². The summed E-state index contributed by atoms with van der Waals surface area (Å²) >= 11 is 6.58. The zero-order chi connectivity index (χ0) is 8.55. The predicted octanol–water partition coefficient (Wildman–Crippen LogP) is 2.07. The van der Waals surface area contributed by atoms with Crippen LogP contribution >= 0.6 is 23.1 Å². The molecule has 0 saturated carbocycles. The minimum Gasteiger partial charge on any atom is -0.276 e. The lowest BCUT2D eigenvalue weighted by Crippen LogP contribution is -1.89. The highest BCUT2D eigenvalue weighted by Gasteiger charge is 2.09. The molecule has 0 aliphatic heterocycles. The van der Waals surface area contributed by atoms with E-state index < -0.39 is 5.24 Å². The van der Waals surface area contributed by atoms with E-state index in [1.807, 2.05) is 6.07 Å². The van der Waals surface area contributed by atoms with Crippen molar-refractivity contribution in [1.29, 1.82) is 0 Å². The number of aromatic nitrogens is 2. The van der Waals surface area contributed by atoms with E-state index in [9.17, 15) is 4.79 Å². The quantitative estimate of drug-likeness (QED) is 0.659. The number of hydrogen-bond acceptors (Lipinski definition) is 4. The van der Waals surface area contributed by atoms with Crippen molar-refractivity contribution in [2.75, 3.05) is 0 Å². The molecular formula is C7H3ClN2OS. The van der Waals surface area contributed by atoms with Crippen LogP contribution < -0.4 is 0 Å². The highest BCUT2D eigenvalue weighted by Crippen LogP contribution is 2.20. The average molecular weight is 199 g/mol. The zero-order valence-electron chi connectivity index (χ0n) is 5.82. The Labute approximate surface area is 77.1 Å². The maximum Gasteiger partial charge on any atom is 0.254 e. The minimum atomic E-state index is -0.492. The number of fused-ring (bicyclic) bond motifs is 1. The average Bonchev–Trinajstić information content (AvgIpc) is 2.49. The third-order valence-corrected chi connectivity index (χ3v) is 2.38. The van der Waals surface area contributed by atoms with Crippen molar-refractivity contribution >= 4 is 38.6 Å². The molecule has 0 saturated heterocycles. The molecule has 0 atom stereocenters. The molecule has 60 valence electrons. The van der Waals surface area contributed by atoms with Crippen molar-refractivity contribution in [3.63, 3.8) is 0 Å². The van der Waals surface area contributed by atoms with Gasteiger partial charge in [0, 0.05) is 0 Å². The van der Waals surface area contributed by atoms with Gasteiger partial charge in [0.25, 0.3) is 5.24 Å². The molecule has 0 radical (unpaired) electrons. The highest BCUT2D eigenvalue weighted by molar-refractivity contribution is 7.13. The van der Waals surface area contributed by atoms with E-state index in [0.717, 1.165) is 4.70 Å². The number of carbonyl (C=O) groups excluding carboxylic acids is 1. The van der Waals surface area contributed by atoms with Crippen molar-refractivity contribution in [2.24, 2.45) is 0 Å². The highest BCUT2D eigenvalue weighted by atomic mass is 35.5. The molecule has 0 bridgehead atoms. The fourth-order valence-electron chi connectivity index (χ4n) is 0.963. The summed E-state index contributed by atoms with van der Waals surface area (Å²) in [6, 6.07) is 5.25. The monoisotopic (exact) mass is 198 g/mol. The van der Waals surface area contributed by atoms with Crippen LogP contribution in [0.3, 0.4) is 0 Å². The first-order chi connectivity index (χ1) is 5.79. The van der Waals surface area contributed by atoms with Gasteiger partial charge in [0.2, 0.25) is 0 Å². The van der Waals surface area contributed by atoms with E-state index in [4.69, 9.17) is 11.6 Å². The number of halogens is 1. The molecule has 3 nitrogen and oxygen atoms in total. The first kappa shape index (κ1) is 7.64. The lowest BCUT2D eigenvalue weighted by atomic mass is 10.2. The normalized spacial score (nSPS) is 10.4. The number of hydrogen-bond donors (Lipinski definition) is 0. The molecule has 0 spiro atoms. The lowest BCUT2D eigenvalue weighted by molar-refractivity contribution is 0.108. The smallest absolute Gasteiger partial charge is 0.254 e. The molecule has 1 heterocycles. The minimum absolute atomic E-state index is 0.419. The van der Waals surface area contributed by atoms with Crippen LogP contribution in [0.4, 0.5) is 0 Å². The van der Waals surface area contributed by atoms with Crippen LogP contribution in [0.1, 0.15) is 10.4 Å². The molecule has 1 aromatic heterocycles. The summed E-state index contributed by atoms with van der Waals surface area (Å²) in [4.78, 5) is 10.9. The molecule has 0 amide bonds. The van der Waals surface area contributed by atoms with Crippen LogP contribution in [-0.4, -0.2) is 14.8 Å². The summed E-state index contributed by atoms with van der Waals surface area (Å²) in [6.07, 6.45) is 0. The Kier molecular flexibility index (Phi) is 1.78. The van der Waals surface area contributed by atoms with E-state index in [2.05, 4.69) is 9.59 Å². The van der Waals surface area contributed by atoms with Crippen molar-refractivity contribution in [2.45, 2.75) is 0 Å². The second kappa shape index (κ2) is 2.80. The molecule has 12 heavy (non-hydrogen) atoms. The van der Waals surface area contributed by atoms with Crippen LogP contribution in [0.2, 0.25) is 0 Å². The van der Waals surface area contributed by atoms with Crippen molar-refractivity contribution in [3.05, 3.63) is 23.8 Å². The molecule has 0 aliphatic carbocycles. The zero-order valence-corrected chi connectivity index (χ0v) is 7.39. The summed E-state index contributed by atoms with van der Waals surface area (Å²) in [7, 11) is 0. The molecular weight excluding hydrogens is 196 g/mol. The fraction of sp³-hybridized carbons (Fsp3) is 0. The lowest BCUT2D eigenvalue weighted by Gasteiger charge is -1.91. The number of nitrogens with zero attached hydrogens (tertiary/aromatic N) is 2. The topological polar surface area (TPSA) is 42.9 Å². The molecule has 2 aromatic rings. The second-order valence-corrected chi connectivity index (χ2v) is 3.33. The van der Waals surface area contributed by atoms with Crippen LogP contribution in [-0.2, 0) is 0 Å². The Morgan fingerprint density at radius 1 is 1.50 bits per heavy atom. The van der Waals surface area contributed by atoms with Crippen molar-refractivity contribution < 1.29 is 4.79 Å². The van der Waals surface area contributed by atoms with E-state index in [1.165, 1.54) is 11.5 Å². The van der Waals surface area contributed by atoms with Gasteiger partial charge in [-0.25, -0.2) is 0 Å². The molecule has 1 aromatic carbocycles. The van der Waals surface area contributed by atoms with Gasteiger partial charge in [-0.2, -0.15) is 0 Å². The first-order valence-corrected chi connectivity index (χ1v) is 4.35. The summed E-state index contributed by atoms with van der Waals surface area (Å²) in [6.45, 7) is 0. The van der Waals surface area contributed by atoms with E-state index >= 15 is 0 Å². The SMILES string of the molecule is O=C(Cl)c1cccc2snnc12. The Morgan fingerprint density at radius 2 is 2.33 bits per heavy atom. The van der Waals surface area contributed by atoms with Gasteiger partial charge < -0.3 is 0 Å². The van der Waals surface area contributed by atoms with Crippen molar-refractivity contribution in [1.82, 2.24) is 9.59 Å². The molecule has 5 heteroatoms. The molecule has 0 unspecified atom stereocenters. The summed E-state index contributed by atoms with van der Waals surface area (Å²) in [5, 5.41) is 3.31. The van der Waals surface area contributed by atoms with Gasteiger partial charge in [-0.15, -0.1) is 5.10 Å².